The van der Waals surface area contributed by atoms with Crippen LogP contribution in [0.5, 0.6) is 0 Å². The molecule has 0 spiro atoms. The van der Waals surface area contributed by atoms with Crippen molar-refractivity contribution in [3.63, 3.8) is 0 Å². The van der Waals surface area contributed by atoms with E-state index in [-0.39, 0.29) is 0 Å². The predicted molar refractivity (Wildman–Crippen MR) is 82.4 cm³/mol. The van der Waals surface area contributed by atoms with Crippen LogP contribution in [0.3, 0.4) is 0 Å². The van der Waals surface area contributed by atoms with Gasteiger partial charge in [-0.2, -0.15) is 4.31 Å². The van der Waals surface area contributed by atoms with Gasteiger partial charge in [0.2, 0.25) is 10.0 Å². The first-order chi connectivity index (χ1) is 9.59. The molecule has 0 bridgehead atoms. The summed E-state index contributed by atoms with van der Waals surface area (Å²) in [7, 11) is -3.40. The molecule has 112 valence electrons. The van der Waals surface area contributed by atoms with Gasteiger partial charge in [0.15, 0.2) is 0 Å². The van der Waals surface area contributed by atoms with E-state index in [9.17, 15) is 8.42 Å². The van der Waals surface area contributed by atoms with Crippen LogP contribution in [0, 0.1) is 5.92 Å². The Morgan fingerprint density at radius 2 is 1.95 bits per heavy atom. The summed E-state index contributed by atoms with van der Waals surface area (Å²) >= 11 is 0. The Bertz CT molecular complexity index is 539. The molecular weight excluding hydrogens is 272 g/mol. The number of nitrogens with one attached hydrogen (secondary N) is 1. The molecule has 1 aliphatic carbocycles. The summed E-state index contributed by atoms with van der Waals surface area (Å²) in [5, 5.41) is 3.14. The maximum absolute atomic E-state index is 12.8. The minimum Gasteiger partial charge on any atom is -0.384 e. The first-order valence-electron chi connectivity index (χ1n) is 7.42. The number of benzene rings is 1. The van der Waals surface area contributed by atoms with E-state index >= 15 is 0 Å². The molecule has 2 rings (SSSR count). The second kappa shape index (κ2) is 6.59. The van der Waals surface area contributed by atoms with E-state index < -0.39 is 10.0 Å². The topological polar surface area (TPSA) is 49.4 Å². The lowest BCUT2D eigenvalue weighted by Crippen LogP contribution is -2.37. The van der Waals surface area contributed by atoms with Crippen molar-refractivity contribution in [3.8, 4) is 0 Å². The molecule has 0 atom stereocenters. The highest BCUT2D eigenvalue weighted by Gasteiger charge is 2.29. The first kappa shape index (κ1) is 15.3. The standard InChI is InChI=1S/C15H24N2O2S/c1-3-16-14-10-5-6-11-15(14)20(18,19)17(4-2)12-13-8-7-9-13/h5-6,10-11,13,16H,3-4,7-9,12H2,1-2H3. The number of nitrogens with zero attached hydrogens (tertiary/aromatic N) is 1. The maximum Gasteiger partial charge on any atom is 0.245 e. The van der Waals surface area contributed by atoms with E-state index in [0.29, 0.717) is 36.1 Å². The Hall–Kier alpha value is -1.07. The molecule has 0 saturated heterocycles. The van der Waals surface area contributed by atoms with Gasteiger partial charge in [-0.1, -0.05) is 25.5 Å². The normalized spacial score (nSPS) is 16.1. The number of para-hydroxylation sites is 1. The summed E-state index contributed by atoms with van der Waals surface area (Å²) in [6.45, 7) is 5.77. The molecule has 20 heavy (non-hydrogen) atoms. The zero-order chi connectivity index (χ0) is 14.6. The minimum absolute atomic E-state index is 0.392. The highest BCUT2D eigenvalue weighted by Crippen LogP contribution is 2.30. The number of hydrogen-bond acceptors (Lipinski definition) is 3. The van der Waals surface area contributed by atoms with Gasteiger partial charge in [-0.05, 0) is 37.8 Å². The van der Waals surface area contributed by atoms with Crippen molar-refractivity contribution in [3.05, 3.63) is 24.3 Å². The average molecular weight is 296 g/mol. The van der Waals surface area contributed by atoms with Gasteiger partial charge >= 0.3 is 0 Å². The van der Waals surface area contributed by atoms with Gasteiger partial charge in [0, 0.05) is 19.6 Å². The molecule has 1 aromatic carbocycles. The summed E-state index contributed by atoms with van der Waals surface area (Å²) in [5.41, 5.74) is 0.696. The van der Waals surface area contributed by atoms with Crippen LogP contribution in [0.2, 0.25) is 0 Å². The van der Waals surface area contributed by atoms with Crippen molar-refractivity contribution >= 4 is 15.7 Å². The molecule has 1 aromatic rings. The molecular formula is C15H24N2O2S. The van der Waals surface area contributed by atoms with Crippen molar-refractivity contribution < 1.29 is 8.42 Å². The van der Waals surface area contributed by atoms with Gasteiger partial charge in [0.1, 0.15) is 4.90 Å². The molecule has 0 aromatic heterocycles. The molecule has 0 amide bonds. The highest BCUT2D eigenvalue weighted by molar-refractivity contribution is 7.89. The van der Waals surface area contributed by atoms with E-state index in [1.165, 1.54) is 6.42 Å². The highest BCUT2D eigenvalue weighted by atomic mass is 32.2. The quantitative estimate of drug-likeness (QED) is 0.841. The third-order valence-corrected chi connectivity index (χ3v) is 5.91. The fraction of sp³-hybridized carbons (Fsp3) is 0.600. The summed E-state index contributed by atoms with van der Waals surface area (Å²) in [6, 6.07) is 7.16. The lowest BCUT2D eigenvalue weighted by atomic mass is 9.85. The van der Waals surface area contributed by atoms with E-state index in [2.05, 4.69) is 5.32 Å². The Morgan fingerprint density at radius 3 is 2.50 bits per heavy atom. The summed E-state index contributed by atoms with van der Waals surface area (Å²) in [5.74, 6) is 0.538. The second-order valence-electron chi connectivity index (χ2n) is 5.28. The molecule has 1 N–H and O–H groups in total. The molecule has 5 heteroatoms. The largest absolute Gasteiger partial charge is 0.384 e. The molecule has 0 radical (unpaired) electrons. The third kappa shape index (κ3) is 3.15. The van der Waals surface area contributed by atoms with Crippen LogP contribution in [0.25, 0.3) is 0 Å². The summed E-state index contributed by atoms with van der Waals surface area (Å²) in [4.78, 5) is 0.392. The average Bonchev–Trinajstić information content (AvgIpc) is 2.38. The van der Waals surface area contributed by atoms with Crippen molar-refractivity contribution in [2.75, 3.05) is 25.0 Å². The van der Waals surface area contributed by atoms with Gasteiger partial charge in [-0.15, -0.1) is 0 Å². The van der Waals surface area contributed by atoms with Crippen LogP contribution in [0.1, 0.15) is 33.1 Å². The Morgan fingerprint density at radius 1 is 1.25 bits per heavy atom. The van der Waals surface area contributed by atoms with Crippen LogP contribution in [0.4, 0.5) is 5.69 Å². The predicted octanol–water partition coefficient (Wildman–Crippen LogP) is 2.93. The van der Waals surface area contributed by atoms with Crippen molar-refractivity contribution in [1.82, 2.24) is 4.31 Å². The fourth-order valence-corrected chi connectivity index (χ4v) is 4.22. The summed E-state index contributed by atoms with van der Waals surface area (Å²) < 4.78 is 27.3. The van der Waals surface area contributed by atoms with E-state index in [1.54, 1.807) is 16.4 Å². The zero-order valence-electron chi connectivity index (χ0n) is 12.3. The van der Waals surface area contributed by atoms with Crippen LogP contribution >= 0.6 is 0 Å². The molecule has 4 nitrogen and oxygen atoms in total. The van der Waals surface area contributed by atoms with Crippen LogP contribution < -0.4 is 5.32 Å². The minimum atomic E-state index is -3.40. The van der Waals surface area contributed by atoms with E-state index in [4.69, 9.17) is 0 Å². The second-order valence-corrected chi connectivity index (χ2v) is 7.19. The summed E-state index contributed by atoms with van der Waals surface area (Å²) in [6.07, 6.45) is 3.54. The van der Waals surface area contributed by atoms with Crippen molar-refractivity contribution in [1.29, 1.82) is 0 Å². The number of sulfonamides is 1. The number of rotatable bonds is 7. The molecule has 0 heterocycles. The maximum atomic E-state index is 12.8. The molecule has 1 saturated carbocycles. The third-order valence-electron chi connectivity index (χ3n) is 3.91. The lowest BCUT2D eigenvalue weighted by molar-refractivity contribution is 0.250. The van der Waals surface area contributed by atoms with Gasteiger partial charge in [0.05, 0.1) is 5.69 Å². The lowest BCUT2D eigenvalue weighted by Gasteiger charge is -2.31. The monoisotopic (exact) mass is 296 g/mol. The van der Waals surface area contributed by atoms with Crippen LogP contribution in [0.15, 0.2) is 29.2 Å². The van der Waals surface area contributed by atoms with Crippen LogP contribution in [-0.2, 0) is 10.0 Å². The van der Waals surface area contributed by atoms with E-state index in [0.717, 1.165) is 12.8 Å². The molecule has 0 aliphatic heterocycles. The Labute approximate surface area is 122 Å². The van der Waals surface area contributed by atoms with Crippen molar-refractivity contribution in [2.45, 2.75) is 38.0 Å². The Balaban J connectivity index is 2.27. The zero-order valence-corrected chi connectivity index (χ0v) is 13.1. The number of anilines is 1. The van der Waals surface area contributed by atoms with Crippen LogP contribution in [-0.4, -0.2) is 32.4 Å². The smallest absolute Gasteiger partial charge is 0.245 e. The first-order valence-corrected chi connectivity index (χ1v) is 8.86. The van der Waals surface area contributed by atoms with Gasteiger partial charge in [0.25, 0.3) is 0 Å². The fourth-order valence-electron chi connectivity index (χ4n) is 2.53. The SMILES string of the molecule is CCNc1ccccc1S(=O)(=O)N(CC)CC1CCC1. The van der Waals surface area contributed by atoms with Crippen molar-refractivity contribution in [2.24, 2.45) is 5.92 Å². The molecule has 1 fully saturated rings. The Kier molecular flexibility index (Phi) is 5.05. The van der Waals surface area contributed by atoms with Gasteiger partial charge in [-0.3, -0.25) is 0 Å². The number of hydrogen-bond donors (Lipinski definition) is 1. The molecule has 1 aliphatic rings. The van der Waals surface area contributed by atoms with Gasteiger partial charge in [-0.25, -0.2) is 8.42 Å². The molecule has 0 unspecified atom stereocenters. The van der Waals surface area contributed by atoms with Gasteiger partial charge < -0.3 is 5.32 Å². The van der Waals surface area contributed by atoms with E-state index in [1.807, 2.05) is 26.0 Å².